The number of imide groups is 1. The first-order valence-corrected chi connectivity index (χ1v) is 9.15. The van der Waals surface area contributed by atoms with Crippen LogP contribution in [0.3, 0.4) is 0 Å². The van der Waals surface area contributed by atoms with Crippen molar-refractivity contribution in [1.29, 1.82) is 0 Å². The molecule has 2 N–H and O–H groups in total. The molecule has 29 heavy (non-hydrogen) atoms. The molecule has 2 aromatic carbocycles. The minimum absolute atomic E-state index is 0.300. The van der Waals surface area contributed by atoms with Crippen molar-refractivity contribution in [2.45, 2.75) is 32.7 Å². The zero-order valence-corrected chi connectivity index (χ0v) is 16.3. The first-order chi connectivity index (χ1) is 13.7. The van der Waals surface area contributed by atoms with Crippen LogP contribution in [0.15, 0.2) is 36.4 Å². The Morgan fingerprint density at radius 2 is 1.93 bits per heavy atom. The maximum Gasteiger partial charge on any atom is 0.325 e. The van der Waals surface area contributed by atoms with Gasteiger partial charge in [0.15, 0.2) is 0 Å². The van der Waals surface area contributed by atoms with Crippen LogP contribution in [-0.2, 0) is 21.5 Å². The van der Waals surface area contributed by atoms with Gasteiger partial charge in [0.2, 0.25) is 5.91 Å². The van der Waals surface area contributed by atoms with Gasteiger partial charge in [-0.15, -0.1) is 0 Å². The van der Waals surface area contributed by atoms with Gasteiger partial charge >= 0.3 is 6.03 Å². The molecule has 4 amide bonds. The van der Waals surface area contributed by atoms with Gasteiger partial charge in [0.1, 0.15) is 23.7 Å². The third-order valence-corrected chi connectivity index (χ3v) is 5.05. The minimum Gasteiger partial charge on any atom is -0.324 e. The number of aryl methyl sites for hydroxylation is 2. The SMILES string of the molecule is CCc1cccc(C)c1NC(=O)CN1C(=O)N[C@@](C)(c2cc(F)ccc2F)C1=O. The number of hydrogen-bond donors (Lipinski definition) is 2. The molecule has 1 aliphatic rings. The predicted molar refractivity (Wildman–Crippen MR) is 103 cm³/mol. The average molecular weight is 401 g/mol. The van der Waals surface area contributed by atoms with Crippen LogP contribution in [0.5, 0.6) is 0 Å². The number of rotatable bonds is 5. The second-order valence-electron chi connectivity index (χ2n) is 7.08. The van der Waals surface area contributed by atoms with E-state index in [1.807, 2.05) is 32.0 Å². The summed E-state index contributed by atoms with van der Waals surface area (Å²) in [6.07, 6.45) is 0.692. The van der Waals surface area contributed by atoms with Gasteiger partial charge in [-0.2, -0.15) is 0 Å². The van der Waals surface area contributed by atoms with Crippen LogP contribution in [0.25, 0.3) is 0 Å². The number of amides is 4. The Morgan fingerprint density at radius 1 is 1.21 bits per heavy atom. The van der Waals surface area contributed by atoms with E-state index in [0.29, 0.717) is 17.0 Å². The molecule has 152 valence electrons. The van der Waals surface area contributed by atoms with Gasteiger partial charge in [-0.3, -0.25) is 14.5 Å². The molecule has 1 aliphatic heterocycles. The average Bonchev–Trinajstić information content (AvgIpc) is 2.89. The Labute approximate surface area is 166 Å². The van der Waals surface area contributed by atoms with Crippen LogP contribution in [0.1, 0.15) is 30.5 Å². The molecule has 0 aromatic heterocycles. The van der Waals surface area contributed by atoms with Gasteiger partial charge in [0.25, 0.3) is 5.91 Å². The number of nitrogens with zero attached hydrogens (tertiary/aromatic N) is 1. The van der Waals surface area contributed by atoms with Crippen molar-refractivity contribution in [2.24, 2.45) is 0 Å². The highest BCUT2D eigenvalue weighted by Crippen LogP contribution is 2.31. The van der Waals surface area contributed by atoms with Crippen LogP contribution in [0.2, 0.25) is 0 Å². The fourth-order valence-corrected chi connectivity index (χ4v) is 3.43. The fourth-order valence-electron chi connectivity index (χ4n) is 3.43. The molecule has 1 atom stereocenters. The van der Waals surface area contributed by atoms with Crippen molar-refractivity contribution >= 4 is 23.5 Å². The molecule has 1 saturated heterocycles. The summed E-state index contributed by atoms with van der Waals surface area (Å²) >= 11 is 0. The van der Waals surface area contributed by atoms with Gasteiger partial charge in [-0.25, -0.2) is 13.6 Å². The molecular weight excluding hydrogens is 380 g/mol. The zero-order chi connectivity index (χ0) is 21.3. The minimum atomic E-state index is -1.80. The summed E-state index contributed by atoms with van der Waals surface area (Å²) in [5.74, 6) is -2.97. The highest BCUT2D eigenvalue weighted by atomic mass is 19.1. The summed E-state index contributed by atoms with van der Waals surface area (Å²) in [4.78, 5) is 38.4. The first-order valence-electron chi connectivity index (χ1n) is 9.15. The Balaban J connectivity index is 1.82. The predicted octanol–water partition coefficient (Wildman–Crippen LogP) is 3.24. The molecule has 0 saturated carbocycles. The quantitative estimate of drug-likeness (QED) is 0.755. The maximum absolute atomic E-state index is 14.2. The zero-order valence-electron chi connectivity index (χ0n) is 16.3. The van der Waals surface area contributed by atoms with Crippen LogP contribution in [0.4, 0.5) is 19.3 Å². The van der Waals surface area contributed by atoms with Crippen molar-refractivity contribution in [1.82, 2.24) is 10.2 Å². The van der Waals surface area contributed by atoms with E-state index in [0.717, 1.165) is 29.3 Å². The fraction of sp³-hybridized carbons (Fsp3) is 0.286. The van der Waals surface area contributed by atoms with E-state index in [1.165, 1.54) is 6.92 Å². The summed E-state index contributed by atoms with van der Waals surface area (Å²) in [7, 11) is 0. The Kier molecular flexibility index (Phi) is 5.37. The second kappa shape index (κ2) is 7.62. The van der Waals surface area contributed by atoms with Crippen LogP contribution in [-0.4, -0.2) is 29.3 Å². The topological polar surface area (TPSA) is 78.5 Å². The molecule has 8 heteroatoms. The summed E-state index contributed by atoms with van der Waals surface area (Å²) in [5.41, 5.74) is 0.293. The number of nitrogens with one attached hydrogen (secondary N) is 2. The molecule has 3 rings (SSSR count). The Morgan fingerprint density at radius 3 is 2.62 bits per heavy atom. The molecule has 2 aromatic rings. The number of carbonyl (C=O) groups is 3. The van der Waals surface area contributed by atoms with Crippen LogP contribution >= 0.6 is 0 Å². The maximum atomic E-state index is 14.2. The lowest BCUT2D eigenvalue weighted by molar-refractivity contribution is -0.133. The van der Waals surface area contributed by atoms with E-state index in [1.54, 1.807) is 0 Å². The molecular formula is C21H21F2N3O3. The Bertz CT molecular complexity index is 1010. The monoisotopic (exact) mass is 401 g/mol. The van der Waals surface area contributed by atoms with Crippen molar-refractivity contribution in [3.8, 4) is 0 Å². The standard InChI is InChI=1S/C21H21F2N3O3/c1-4-13-7-5-6-12(2)18(13)24-17(27)11-26-19(28)21(3,25-20(26)29)15-10-14(22)8-9-16(15)23/h5-10H,4,11H2,1-3H3,(H,24,27)(H,25,29)/t21-/m0/s1. The number of carbonyl (C=O) groups excluding carboxylic acids is 3. The lowest BCUT2D eigenvalue weighted by Crippen LogP contribution is -2.42. The molecule has 0 radical (unpaired) electrons. The number of hydrogen-bond acceptors (Lipinski definition) is 3. The highest BCUT2D eigenvalue weighted by Gasteiger charge is 2.50. The van der Waals surface area contributed by atoms with E-state index in [4.69, 9.17) is 0 Å². The summed E-state index contributed by atoms with van der Waals surface area (Å²) in [6, 6.07) is 7.40. The van der Waals surface area contributed by atoms with E-state index in [2.05, 4.69) is 10.6 Å². The Hall–Kier alpha value is -3.29. The van der Waals surface area contributed by atoms with Gasteiger partial charge < -0.3 is 10.6 Å². The third kappa shape index (κ3) is 3.70. The molecule has 0 unspecified atom stereocenters. The van der Waals surface area contributed by atoms with E-state index < -0.39 is 41.6 Å². The molecule has 0 aliphatic carbocycles. The van der Waals surface area contributed by atoms with Crippen molar-refractivity contribution in [2.75, 3.05) is 11.9 Å². The summed E-state index contributed by atoms with van der Waals surface area (Å²) in [5, 5.41) is 5.11. The molecule has 0 spiro atoms. The number of anilines is 1. The molecule has 1 fully saturated rings. The largest absolute Gasteiger partial charge is 0.325 e. The lowest BCUT2D eigenvalue weighted by Gasteiger charge is -2.23. The molecule has 1 heterocycles. The van der Waals surface area contributed by atoms with Gasteiger partial charge in [0.05, 0.1) is 0 Å². The van der Waals surface area contributed by atoms with Crippen LogP contribution in [0, 0.1) is 18.6 Å². The van der Waals surface area contributed by atoms with E-state index in [9.17, 15) is 23.2 Å². The van der Waals surface area contributed by atoms with Crippen molar-refractivity contribution < 1.29 is 23.2 Å². The second-order valence-corrected chi connectivity index (χ2v) is 7.08. The lowest BCUT2D eigenvalue weighted by atomic mass is 9.91. The smallest absolute Gasteiger partial charge is 0.324 e. The third-order valence-electron chi connectivity index (χ3n) is 5.05. The van der Waals surface area contributed by atoms with Gasteiger partial charge in [0, 0.05) is 11.3 Å². The number of benzene rings is 2. The molecule has 6 nitrogen and oxygen atoms in total. The van der Waals surface area contributed by atoms with Crippen molar-refractivity contribution in [3.05, 3.63) is 64.7 Å². The number of urea groups is 1. The summed E-state index contributed by atoms with van der Waals surface area (Å²) in [6.45, 7) is 4.52. The normalized spacial score (nSPS) is 18.7. The van der Waals surface area contributed by atoms with Gasteiger partial charge in [-0.05, 0) is 49.6 Å². The van der Waals surface area contributed by atoms with Gasteiger partial charge in [-0.1, -0.05) is 25.1 Å². The summed E-state index contributed by atoms with van der Waals surface area (Å²) < 4.78 is 27.8. The molecule has 0 bridgehead atoms. The highest BCUT2D eigenvalue weighted by molar-refractivity contribution is 6.10. The van der Waals surface area contributed by atoms with E-state index >= 15 is 0 Å². The van der Waals surface area contributed by atoms with E-state index in [-0.39, 0.29) is 5.56 Å². The first kappa shape index (κ1) is 20.4. The van der Waals surface area contributed by atoms with Crippen LogP contribution < -0.4 is 10.6 Å². The number of halogens is 2. The van der Waals surface area contributed by atoms with Crippen molar-refractivity contribution in [3.63, 3.8) is 0 Å². The number of para-hydroxylation sites is 1.